The highest BCUT2D eigenvalue weighted by Crippen LogP contribution is 2.24. The van der Waals surface area contributed by atoms with Gasteiger partial charge in [-0.25, -0.2) is 13.1 Å². The molecule has 1 fully saturated rings. The molecule has 1 aromatic heterocycles. The van der Waals surface area contributed by atoms with Crippen LogP contribution in [0.4, 0.5) is 0 Å². The lowest BCUT2D eigenvalue weighted by molar-refractivity contribution is 0.477. The number of hydrogen-bond acceptors (Lipinski definition) is 5. The van der Waals surface area contributed by atoms with E-state index in [2.05, 4.69) is 17.0 Å². The van der Waals surface area contributed by atoms with Crippen LogP contribution in [0.5, 0.6) is 0 Å². The van der Waals surface area contributed by atoms with Gasteiger partial charge in [-0.15, -0.1) is 11.3 Å². The highest BCUT2D eigenvalue weighted by molar-refractivity contribution is 7.99. The highest BCUT2D eigenvalue weighted by Gasteiger charge is 2.20. The van der Waals surface area contributed by atoms with Crippen LogP contribution in [-0.4, -0.2) is 33.0 Å². The maximum Gasteiger partial charge on any atom is 0.250 e. The van der Waals surface area contributed by atoms with E-state index in [1.807, 2.05) is 17.8 Å². The van der Waals surface area contributed by atoms with Crippen LogP contribution in [0.15, 0.2) is 16.3 Å². The van der Waals surface area contributed by atoms with E-state index in [-0.39, 0.29) is 0 Å². The second-order valence-electron chi connectivity index (χ2n) is 5.31. The second kappa shape index (κ2) is 8.53. The molecular formula is C14H24N2O2S3. The molecule has 1 aromatic rings. The van der Waals surface area contributed by atoms with Crippen molar-refractivity contribution in [3.63, 3.8) is 0 Å². The van der Waals surface area contributed by atoms with Crippen molar-refractivity contribution in [1.82, 2.24) is 10.0 Å². The molecule has 2 heterocycles. The second-order valence-corrected chi connectivity index (χ2v) is 9.69. The van der Waals surface area contributed by atoms with Crippen LogP contribution in [0.3, 0.4) is 0 Å². The van der Waals surface area contributed by atoms with Crippen molar-refractivity contribution in [3.05, 3.63) is 17.0 Å². The van der Waals surface area contributed by atoms with Gasteiger partial charge in [-0.2, -0.15) is 11.8 Å². The normalized spacial score (nSPS) is 17.2. The molecule has 21 heavy (non-hydrogen) atoms. The minimum atomic E-state index is -3.34. The molecule has 1 aliphatic rings. The Morgan fingerprint density at radius 3 is 2.76 bits per heavy atom. The lowest BCUT2D eigenvalue weighted by Crippen LogP contribution is -2.30. The molecule has 0 amide bonds. The molecule has 7 heteroatoms. The SMILES string of the molecule is CCCNCc1ccc(S(=O)(=O)NCC2CCSCC2)s1. The summed E-state index contributed by atoms with van der Waals surface area (Å²) in [4.78, 5) is 1.07. The van der Waals surface area contributed by atoms with E-state index in [0.29, 0.717) is 16.7 Å². The Kier molecular flexibility index (Phi) is 7.01. The Morgan fingerprint density at radius 2 is 2.05 bits per heavy atom. The van der Waals surface area contributed by atoms with Crippen molar-refractivity contribution in [3.8, 4) is 0 Å². The maximum atomic E-state index is 12.3. The van der Waals surface area contributed by atoms with E-state index >= 15 is 0 Å². The number of nitrogens with one attached hydrogen (secondary N) is 2. The predicted octanol–water partition coefficient (Wildman–Crippen LogP) is 2.67. The van der Waals surface area contributed by atoms with Gasteiger partial charge in [0.15, 0.2) is 0 Å². The van der Waals surface area contributed by atoms with E-state index in [0.717, 1.165) is 48.7 Å². The van der Waals surface area contributed by atoms with Gasteiger partial charge in [-0.1, -0.05) is 6.92 Å². The predicted molar refractivity (Wildman–Crippen MR) is 91.6 cm³/mol. The van der Waals surface area contributed by atoms with Crippen LogP contribution in [0.25, 0.3) is 0 Å². The molecule has 4 nitrogen and oxygen atoms in total. The molecule has 1 saturated heterocycles. The first-order chi connectivity index (χ1) is 10.1. The summed E-state index contributed by atoms with van der Waals surface area (Å²) in [5.74, 6) is 2.80. The topological polar surface area (TPSA) is 58.2 Å². The third kappa shape index (κ3) is 5.56. The summed E-state index contributed by atoms with van der Waals surface area (Å²) in [6.45, 7) is 4.39. The molecule has 0 unspecified atom stereocenters. The summed E-state index contributed by atoms with van der Waals surface area (Å²) in [5, 5.41) is 3.29. The monoisotopic (exact) mass is 348 g/mol. The fourth-order valence-corrected chi connectivity index (χ4v) is 5.93. The number of hydrogen-bond donors (Lipinski definition) is 2. The molecule has 0 aromatic carbocycles. The molecule has 0 radical (unpaired) electrons. The fraction of sp³-hybridized carbons (Fsp3) is 0.714. The van der Waals surface area contributed by atoms with Gasteiger partial charge in [-0.3, -0.25) is 0 Å². The first-order valence-electron chi connectivity index (χ1n) is 7.48. The van der Waals surface area contributed by atoms with Gasteiger partial charge in [-0.05, 0) is 55.4 Å². The standard InChI is InChI=1S/C14H24N2O2S3/c1-2-7-15-11-13-3-4-14(20-13)21(17,18)16-10-12-5-8-19-9-6-12/h3-4,12,15-16H,2,5-11H2,1H3. The van der Waals surface area contributed by atoms with Gasteiger partial charge in [0, 0.05) is 18.0 Å². The molecule has 0 spiro atoms. The van der Waals surface area contributed by atoms with Crippen molar-refractivity contribution in [2.75, 3.05) is 24.6 Å². The van der Waals surface area contributed by atoms with Gasteiger partial charge in [0.05, 0.1) is 0 Å². The zero-order valence-electron chi connectivity index (χ0n) is 12.4. The number of thiophene rings is 1. The molecule has 1 aliphatic heterocycles. The minimum absolute atomic E-state index is 0.431. The Labute approximate surface area is 136 Å². The van der Waals surface area contributed by atoms with Crippen molar-refractivity contribution in [2.45, 2.75) is 36.9 Å². The smallest absolute Gasteiger partial charge is 0.250 e. The molecule has 2 rings (SSSR count). The number of thioether (sulfide) groups is 1. The average molecular weight is 349 g/mol. The third-order valence-electron chi connectivity index (χ3n) is 3.53. The van der Waals surface area contributed by atoms with Crippen molar-refractivity contribution >= 4 is 33.1 Å². The molecule has 2 N–H and O–H groups in total. The fourth-order valence-electron chi connectivity index (χ4n) is 2.24. The Hall–Kier alpha value is -0.0800. The molecule has 0 saturated carbocycles. The summed E-state index contributed by atoms with van der Waals surface area (Å²) >= 11 is 3.32. The number of rotatable bonds is 8. The first kappa shape index (κ1) is 17.3. The minimum Gasteiger partial charge on any atom is -0.312 e. The van der Waals surface area contributed by atoms with E-state index in [9.17, 15) is 8.42 Å². The number of sulfonamides is 1. The lowest BCUT2D eigenvalue weighted by Gasteiger charge is -2.21. The Morgan fingerprint density at radius 1 is 1.29 bits per heavy atom. The molecule has 0 atom stereocenters. The summed E-state index contributed by atoms with van der Waals surface area (Å²) in [6, 6.07) is 3.62. The van der Waals surface area contributed by atoms with E-state index in [4.69, 9.17) is 0 Å². The summed E-state index contributed by atoms with van der Waals surface area (Å²) in [6.07, 6.45) is 3.31. The largest absolute Gasteiger partial charge is 0.312 e. The van der Waals surface area contributed by atoms with E-state index < -0.39 is 10.0 Å². The van der Waals surface area contributed by atoms with Crippen molar-refractivity contribution in [2.24, 2.45) is 5.92 Å². The van der Waals surface area contributed by atoms with Gasteiger partial charge < -0.3 is 5.32 Å². The van der Waals surface area contributed by atoms with Crippen LogP contribution in [0.1, 0.15) is 31.1 Å². The first-order valence-corrected chi connectivity index (χ1v) is 10.9. The zero-order chi connectivity index (χ0) is 15.1. The van der Waals surface area contributed by atoms with Gasteiger partial charge >= 0.3 is 0 Å². The van der Waals surface area contributed by atoms with Crippen LogP contribution < -0.4 is 10.0 Å². The average Bonchev–Trinajstić information content (AvgIpc) is 2.96. The van der Waals surface area contributed by atoms with Crippen molar-refractivity contribution in [1.29, 1.82) is 0 Å². The van der Waals surface area contributed by atoms with Crippen LogP contribution in [-0.2, 0) is 16.6 Å². The third-order valence-corrected chi connectivity index (χ3v) is 7.58. The van der Waals surface area contributed by atoms with Gasteiger partial charge in [0.2, 0.25) is 10.0 Å². The Balaban J connectivity index is 1.86. The van der Waals surface area contributed by atoms with Crippen LogP contribution in [0.2, 0.25) is 0 Å². The zero-order valence-corrected chi connectivity index (χ0v) is 14.9. The van der Waals surface area contributed by atoms with E-state index in [1.165, 1.54) is 11.3 Å². The maximum absolute atomic E-state index is 12.3. The molecular weight excluding hydrogens is 324 g/mol. The lowest BCUT2D eigenvalue weighted by atomic mass is 10.0. The molecule has 0 aliphatic carbocycles. The van der Waals surface area contributed by atoms with Crippen molar-refractivity contribution < 1.29 is 8.42 Å². The van der Waals surface area contributed by atoms with Gasteiger partial charge in [0.25, 0.3) is 0 Å². The molecule has 0 bridgehead atoms. The quantitative estimate of drug-likeness (QED) is 0.709. The van der Waals surface area contributed by atoms with Crippen LogP contribution in [0, 0.1) is 5.92 Å². The Bertz CT molecular complexity index is 522. The summed E-state index contributed by atoms with van der Waals surface area (Å²) in [5.41, 5.74) is 0. The summed E-state index contributed by atoms with van der Waals surface area (Å²) in [7, 11) is -3.34. The van der Waals surface area contributed by atoms with Gasteiger partial charge in [0.1, 0.15) is 4.21 Å². The highest BCUT2D eigenvalue weighted by atomic mass is 32.2. The molecule has 120 valence electrons. The summed E-state index contributed by atoms with van der Waals surface area (Å²) < 4.78 is 27.8. The van der Waals surface area contributed by atoms with Crippen LogP contribution >= 0.6 is 23.1 Å². The van der Waals surface area contributed by atoms with E-state index in [1.54, 1.807) is 6.07 Å².